The summed E-state index contributed by atoms with van der Waals surface area (Å²) in [6.07, 6.45) is 0. The van der Waals surface area contributed by atoms with Gasteiger partial charge in [0.15, 0.2) is 0 Å². The molecule has 0 aliphatic carbocycles. The Labute approximate surface area is 162 Å². The van der Waals surface area contributed by atoms with Gasteiger partial charge < -0.3 is 15.0 Å². The van der Waals surface area contributed by atoms with Gasteiger partial charge in [-0.3, -0.25) is 9.59 Å². The van der Waals surface area contributed by atoms with Crippen LogP contribution in [0.5, 0.6) is 5.75 Å². The van der Waals surface area contributed by atoms with E-state index >= 15 is 0 Å². The molecular formula is C21H20N2O3S. The van der Waals surface area contributed by atoms with E-state index in [-0.39, 0.29) is 17.9 Å². The molecule has 0 bridgehead atoms. The van der Waals surface area contributed by atoms with Crippen LogP contribution in [0.3, 0.4) is 0 Å². The number of rotatable bonds is 3. The summed E-state index contributed by atoms with van der Waals surface area (Å²) in [6.45, 7) is 6.44. The number of anilines is 2. The molecule has 138 valence electrons. The summed E-state index contributed by atoms with van der Waals surface area (Å²) < 4.78 is 5.57. The van der Waals surface area contributed by atoms with Gasteiger partial charge in [0.1, 0.15) is 5.75 Å². The molecule has 0 fully saturated rings. The predicted octanol–water partition coefficient (Wildman–Crippen LogP) is 4.30. The third kappa shape index (κ3) is 2.90. The fraction of sp³-hybridized carbons (Fsp3) is 0.238. The van der Waals surface area contributed by atoms with Gasteiger partial charge in [0.2, 0.25) is 0 Å². The van der Waals surface area contributed by atoms with Crippen molar-refractivity contribution in [2.24, 2.45) is 0 Å². The molecule has 2 aromatic rings. The first-order valence-corrected chi connectivity index (χ1v) is 9.76. The molecule has 2 heterocycles. The van der Waals surface area contributed by atoms with Crippen LogP contribution in [-0.2, 0) is 9.59 Å². The van der Waals surface area contributed by atoms with E-state index in [2.05, 4.69) is 5.32 Å². The van der Waals surface area contributed by atoms with Crippen LogP contribution in [0.4, 0.5) is 11.4 Å². The maximum Gasteiger partial charge on any atom is 0.263 e. The third-order valence-corrected chi connectivity index (χ3v) is 5.69. The zero-order valence-corrected chi connectivity index (χ0v) is 16.2. The highest BCUT2D eigenvalue weighted by molar-refractivity contribution is 8.04. The number of nitrogens with one attached hydrogen (secondary N) is 1. The molecule has 2 aromatic carbocycles. The molecule has 27 heavy (non-hydrogen) atoms. The zero-order valence-electron chi connectivity index (χ0n) is 15.4. The van der Waals surface area contributed by atoms with Crippen molar-refractivity contribution in [3.8, 4) is 5.75 Å². The fourth-order valence-corrected chi connectivity index (χ4v) is 4.49. The molecule has 0 spiro atoms. The average Bonchev–Trinajstić information content (AvgIpc) is 2.93. The lowest BCUT2D eigenvalue weighted by Gasteiger charge is -2.22. The molecule has 6 heteroatoms. The molecular weight excluding hydrogens is 360 g/mol. The number of amides is 2. The van der Waals surface area contributed by atoms with Crippen LogP contribution < -0.4 is 15.0 Å². The number of benzene rings is 2. The van der Waals surface area contributed by atoms with Gasteiger partial charge in [-0.15, -0.1) is 0 Å². The molecule has 2 aliphatic heterocycles. The lowest BCUT2D eigenvalue weighted by molar-refractivity contribution is -0.114. The standard InChI is InChI=1S/C21H20N2O3S/c1-4-26-13-9-10-15-17(11-13)27-19(20(24)22-15)18-14-7-5-6-8-16(14)23(12(2)3)21(18)25/h5-12H,4H2,1-3H3,(H,22,24). The van der Waals surface area contributed by atoms with Crippen molar-refractivity contribution in [3.63, 3.8) is 0 Å². The van der Waals surface area contributed by atoms with Gasteiger partial charge in [-0.25, -0.2) is 0 Å². The maximum atomic E-state index is 13.2. The molecule has 0 radical (unpaired) electrons. The first-order chi connectivity index (χ1) is 13.0. The molecule has 0 saturated heterocycles. The monoisotopic (exact) mass is 380 g/mol. The molecule has 0 unspecified atom stereocenters. The van der Waals surface area contributed by atoms with E-state index in [1.165, 1.54) is 11.8 Å². The highest BCUT2D eigenvalue weighted by Crippen LogP contribution is 2.47. The Morgan fingerprint density at radius 2 is 1.93 bits per heavy atom. The van der Waals surface area contributed by atoms with Crippen molar-refractivity contribution >= 4 is 40.5 Å². The maximum absolute atomic E-state index is 13.2. The van der Waals surface area contributed by atoms with E-state index in [1.54, 1.807) is 4.90 Å². The van der Waals surface area contributed by atoms with Crippen LogP contribution in [0.1, 0.15) is 26.3 Å². The summed E-state index contributed by atoms with van der Waals surface area (Å²) in [6, 6.07) is 13.2. The van der Waals surface area contributed by atoms with Crippen molar-refractivity contribution in [1.29, 1.82) is 0 Å². The number of thioether (sulfide) groups is 1. The lowest BCUT2D eigenvalue weighted by atomic mass is 10.1. The number of hydrogen-bond donors (Lipinski definition) is 1. The minimum absolute atomic E-state index is 0.00486. The van der Waals surface area contributed by atoms with Gasteiger partial charge >= 0.3 is 0 Å². The van der Waals surface area contributed by atoms with Crippen LogP contribution in [0.25, 0.3) is 5.57 Å². The number of fused-ring (bicyclic) bond motifs is 2. The van der Waals surface area contributed by atoms with Crippen molar-refractivity contribution < 1.29 is 14.3 Å². The van der Waals surface area contributed by atoms with Crippen LogP contribution in [0.15, 0.2) is 52.3 Å². The van der Waals surface area contributed by atoms with Crippen molar-refractivity contribution in [2.75, 3.05) is 16.8 Å². The molecule has 0 aromatic heterocycles. The fourth-order valence-electron chi connectivity index (χ4n) is 3.42. The van der Waals surface area contributed by atoms with Gasteiger partial charge in [0, 0.05) is 16.5 Å². The molecule has 4 rings (SSSR count). The summed E-state index contributed by atoms with van der Waals surface area (Å²) >= 11 is 1.32. The topological polar surface area (TPSA) is 58.6 Å². The number of carbonyl (C=O) groups is 2. The number of nitrogens with zero attached hydrogens (tertiary/aromatic N) is 1. The average molecular weight is 380 g/mol. The van der Waals surface area contributed by atoms with Gasteiger partial charge in [-0.05, 0) is 45.0 Å². The summed E-state index contributed by atoms with van der Waals surface area (Å²) in [5.41, 5.74) is 2.85. The van der Waals surface area contributed by atoms with Gasteiger partial charge in [-0.2, -0.15) is 0 Å². The Balaban J connectivity index is 1.84. The second-order valence-corrected chi connectivity index (χ2v) is 7.69. The first kappa shape index (κ1) is 17.7. The Morgan fingerprint density at radius 1 is 1.15 bits per heavy atom. The van der Waals surface area contributed by atoms with Crippen molar-refractivity contribution in [2.45, 2.75) is 31.7 Å². The summed E-state index contributed by atoms with van der Waals surface area (Å²) in [7, 11) is 0. The van der Waals surface area contributed by atoms with Crippen molar-refractivity contribution in [3.05, 3.63) is 52.9 Å². The number of hydrogen-bond acceptors (Lipinski definition) is 4. The van der Waals surface area contributed by atoms with Gasteiger partial charge in [0.05, 0.1) is 28.5 Å². The molecule has 2 aliphatic rings. The summed E-state index contributed by atoms with van der Waals surface area (Å²) in [4.78, 5) is 29.0. The lowest BCUT2D eigenvalue weighted by Crippen LogP contribution is -2.34. The van der Waals surface area contributed by atoms with E-state index in [0.29, 0.717) is 17.1 Å². The number of ether oxygens (including phenoxy) is 1. The second kappa shape index (κ2) is 6.78. The number of para-hydroxylation sites is 1. The van der Waals surface area contributed by atoms with E-state index in [1.807, 2.05) is 63.2 Å². The smallest absolute Gasteiger partial charge is 0.263 e. The summed E-state index contributed by atoms with van der Waals surface area (Å²) in [5.74, 6) is 0.361. The molecule has 1 N–H and O–H groups in total. The highest BCUT2D eigenvalue weighted by atomic mass is 32.2. The molecule has 0 saturated carbocycles. The zero-order chi connectivity index (χ0) is 19.1. The molecule has 2 amide bonds. The van der Waals surface area contributed by atoms with Crippen LogP contribution >= 0.6 is 11.8 Å². The minimum atomic E-state index is -0.250. The number of carbonyl (C=O) groups excluding carboxylic acids is 2. The predicted molar refractivity (Wildman–Crippen MR) is 108 cm³/mol. The second-order valence-electron chi connectivity index (χ2n) is 6.64. The molecule has 0 atom stereocenters. The minimum Gasteiger partial charge on any atom is -0.494 e. The summed E-state index contributed by atoms with van der Waals surface area (Å²) in [5, 5.41) is 2.91. The van der Waals surface area contributed by atoms with E-state index < -0.39 is 0 Å². The Morgan fingerprint density at radius 3 is 2.67 bits per heavy atom. The first-order valence-electron chi connectivity index (χ1n) is 8.94. The molecule has 5 nitrogen and oxygen atoms in total. The van der Waals surface area contributed by atoms with Crippen LogP contribution in [0, 0.1) is 0 Å². The SMILES string of the molecule is CCOc1ccc2c(c1)SC(=C1C(=O)N(C(C)C)c3ccccc31)C(=O)N2. The Bertz CT molecular complexity index is 981. The Kier molecular flexibility index (Phi) is 4.44. The quantitative estimate of drug-likeness (QED) is 0.807. The van der Waals surface area contributed by atoms with Crippen LogP contribution in [-0.4, -0.2) is 24.5 Å². The largest absolute Gasteiger partial charge is 0.494 e. The highest BCUT2D eigenvalue weighted by Gasteiger charge is 2.39. The van der Waals surface area contributed by atoms with Crippen molar-refractivity contribution in [1.82, 2.24) is 0 Å². The third-order valence-electron chi connectivity index (χ3n) is 4.54. The van der Waals surface area contributed by atoms with E-state index in [0.717, 1.165) is 27.6 Å². The Hall–Kier alpha value is -2.73. The van der Waals surface area contributed by atoms with Gasteiger partial charge in [0.25, 0.3) is 11.8 Å². The normalized spacial score (nSPS) is 18.4. The van der Waals surface area contributed by atoms with Gasteiger partial charge in [-0.1, -0.05) is 30.0 Å². The van der Waals surface area contributed by atoms with Crippen LogP contribution in [0.2, 0.25) is 0 Å². The van der Waals surface area contributed by atoms with E-state index in [9.17, 15) is 9.59 Å². The van der Waals surface area contributed by atoms with E-state index in [4.69, 9.17) is 4.74 Å².